The Morgan fingerprint density at radius 3 is 2.77 bits per heavy atom. The molecule has 26 heavy (non-hydrogen) atoms. The van der Waals surface area contributed by atoms with Gasteiger partial charge in [-0.2, -0.15) is 0 Å². The maximum Gasteiger partial charge on any atom is 0.272 e. The average molecular weight is 351 g/mol. The number of imidazole rings is 1. The molecule has 4 rings (SSSR count). The maximum atomic E-state index is 12.9. The number of nitrogens with zero attached hydrogens (tertiary/aromatic N) is 3. The highest BCUT2D eigenvalue weighted by atomic mass is 16.2. The normalized spacial score (nSPS) is 15.3. The summed E-state index contributed by atoms with van der Waals surface area (Å²) in [7, 11) is 0. The lowest BCUT2D eigenvalue weighted by Gasteiger charge is -2.32. The second kappa shape index (κ2) is 6.67. The monoisotopic (exact) mass is 351 g/mol. The summed E-state index contributed by atoms with van der Waals surface area (Å²) < 4.78 is 1.84. The number of pyridine rings is 1. The molecule has 0 bridgehead atoms. The summed E-state index contributed by atoms with van der Waals surface area (Å²) in [6.45, 7) is 3.22. The van der Waals surface area contributed by atoms with E-state index in [-0.39, 0.29) is 17.9 Å². The van der Waals surface area contributed by atoms with Crippen molar-refractivity contribution in [1.82, 2.24) is 24.6 Å². The summed E-state index contributed by atoms with van der Waals surface area (Å²) in [5.74, 6) is -0.116. The Morgan fingerprint density at radius 2 is 2.04 bits per heavy atom. The van der Waals surface area contributed by atoms with Crippen molar-refractivity contribution in [2.24, 2.45) is 0 Å². The number of carbonyl (C=O) groups excluding carboxylic acids is 2. The Morgan fingerprint density at radius 1 is 1.23 bits per heavy atom. The van der Waals surface area contributed by atoms with Gasteiger partial charge in [-0.1, -0.05) is 6.07 Å². The van der Waals surface area contributed by atoms with Crippen LogP contribution in [0.2, 0.25) is 0 Å². The zero-order chi connectivity index (χ0) is 18.1. The molecular weight excluding hydrogens is 330 g/mol. The van der Waals surface area contributed by atoms with E-state index in [9.17, 15) is 9.59 Å². The van der Waals surface area contributed by atoms with Gasteiger partial charge in [0, 0.05) is 31.5 Å². The van der Waals surface area contributed by atoms with Crippen LogP contribution < -0.4 is 5.32 Å². The third-order valence-electron chi connectivity index (χ3n) is 4.91. The first-order valence-corrected chi connectivity index (χ1v) is 8.79. The van der Waals surface area contributed by atoms with Crippen molar-refractivity contribution in [2.45, 2.75) is 25.8 Å². The molecule has 0 radical (unpaired) electrons. The van der Waals surface area contributed by atoms with Crippen molar-refractivity contribution >= 4 is 17.5 Å². The highest BCUT2D eigenvalue weighted by Crippen LogP contribution is 2.17. The number of amides is 2. The summed E-state index contributed by atoms with van der Waals surface area (Å²) >= 11 is 0. The molecule has 0 spiro atoms. The fourth-order valence-corrected chi connectivity index (χ4v) is 3.43. The van der Waals surface area contributed by atoms with Gasteiger partial charge in [0.15, 0.2) is 0 Å². The molecule has 3 aromatic heterocycles. The van der Waals surface area contributed by atoms with Crippen LogP contribution in [0.3, 0.4) is 0 Å². The summed E-state index contributed by atoms with van der Waals surface area (Å²) in [4.78, 5) is 34.1. The van der Waals surface area contributed by atoms with Crippen molar-refractivity contribution in [3.63, 3.8) is 0 Å². The number of rotatable bonds is 3. The van der Waals surface area contributed by atoms with Crippen molar-refractivity contribution in [2.75, 3.05) is 13.1 Å². The third-order valence-corrected chi connectivity index (χ3v) is 4.91. The van der Waals surface area contributed by atoms with E-state index in [0.29, 0.717) is 24.5 Å². The van der Waals surface area contributed by atoms with Crippen LogP contribution in [-0.4, -0.2) is 50.2 Å². The van der Waals surface area contributed by atoms with Crippen LogP contribution in [0.4, 0.5) is 0 Å². The average Bonchev–Trinajstić information content (AvgIpc) is 3.32. The molecular formula is C19H21N5O2. The molecule has 1 saturated heterocycles. The van der Waals surface area contributed by atoms with E-state index in [1.165, 1.54) is 0 Å². The third kappa shape index (κ3) is 2.96. The Hall–Kier alpha value is -3.09. The van der Waals surface area contributed by atoms with Gasteiger partial charge in [-0.05, 0) is 43.5 Å². The van der Waals surface area contributed by atoms with Crippen LogP contribution >= 0.6 is 0 Å². The lowest BCUT2D eigenvalue weighted by atomic mass is 10.0. The predicted octanol–water partition coefficient (Wildman–Crippen LogP) is 2.01. The highest BCUT2D eigenvalue weighted by Gasteiger charge is 2.26. The molecule has 0 unspecified atom stereocenters. The van der Waals surface area contributed by atoms with Crippen LogP contribution in [0, 0.1) is 6.92 Å². The summed E-state index contributed by atoms with van der Waals surface area (Å²) in [5.41, 5.74) is 2.99. The number of hydrogen-bond donors (Lipinski definition) is 2. The molecule has 134 valence electrons. The number of aryl methyl sites for hydroxylation is 1. The first kappa shape index (κ1) is 16.4. The van der Waals surface area contributed by atoms with E-state index in [4.69, 9.17) is 0 Å². The highest BCUT2D eigenvalue weighted by molar-refractivity contribution is 5.94. The first-order valence-electron chi connectivity index (χ1n) is 8.79. The number of H-pyrrole nitrogens is 1. The molecule has 4 heterocycles. The first-order chi connectivity index (χ1) is 12.6. The summed E-state index contributed by atoms with van der Waals surface area (Å²) in [6, 6.07) is 7.53. The van der Waals surface area contributed by atoms with Crippen molar-refractivity contribution < 1.29 is 9.59 Å². The van der Waals surface area contributed by atoms with Gasteiger partial charge < -0.3 is 15.2 Å². The van der Waals surface area contributed by atoms with Gasteiger partial charge in [0.1, 0.15) is 17.0 Å². The molecule has 3 aromatic rings. The molecule has 0 aromatic carbocycles. The molecule has 0 atom stereocenters. The van der Waals surface area contributed by atoms with Crippen molar-refractivity contribution in [3.05, 3.63) is 59.8 Å². The zero-order valence-electron chi connectivity index (χ0n) is 14.6. The summed E-state index contributed by atoms with van der Waals surface area (Å²) in [5, 5.41) is 3.03. The van der Waals surface area contributed by atoms with E-state index in [2.05, 4.69) is 15.3 Å². The van der Waals surface area contributed by atoms with Crippen LogP contribution in [0.25, 0.3) is 5.65 Å². The van der Waals surface area contributed by atoms with Gasteiger partial charge in [-0.15, -0.1) is 0 Å². The largest absolute Gasteiger partial charge is 0.357 e. The van der Waals surface area contributed by atoms with Gasteiger partial charge in [-0.25, -0.2) is 4.98 Å². The second-order valence-electron chi connectivity index (χ2n) is 6.65. The fraction of sp³-hybridized carbons (Fsp3) is 0.316. The summed E-state index contributed by atoms with van der Waals surface area (Å²) in [6.07, 6.45) is 6.73. The van der Waals surface area contributed by atoms with Crippen LogP contribution in [0.15, 0.2) is 42.9 Å². The van der Waals surface area contributed by atoms with Crippen LogP contribution in [-0.2, 0) is 0 Å². The van der Waals surface area contributed by atoms with E-state index in [1.54, 1.807) is 24.5 Å². The topological polar surface area (TPSA) is 82.5 Å². The van der Waals surface area contributed by atoms with E-state index in [1.807, 2.05) is 34.6 Å². The SMILES string of the molecule is Cc1cccn2c(C(=O)N3CCC(NC(=O)c4ccc[nH]4)CC3)cnc12. The molecule has 1 fully saturated rings. The van der Waals surface area contributed by atoms with Gasteiger partial charge in [0.2, 0.25) is 0 Å². The number of carbonyl (C=O) groups is 2. The molecule has 0 aliphatic carbocycles. The molecule has 0 saturated carbocycles. The lowest BCUT2D eigenvalue weighted by Crippen LogP contribution is -2.46. The maximum absolute atomic E-state index is 12.9. The number of hydrogen-bond acceptors (Lipinski definition) is 3. The Kier molecular flexibility index (Phi) is 4.20. The Labute approximate surface area is 151 Å². The Bertz CT molecular complexity index is 936. The fourth-order valence-electron chi connectivity index (χ4n) is 3.43. The van der Waals surface area contributed by atoms with Crippen LogP contribution in [0.1, 0.15) is 39.4 Å². The number of aromatic amines is 1. The minimum absolute atomic E-state index is 0.0164. The predicted molar refractivity (Wildman–Crippen MR) is 97.1 cm³/mol. The van der Waals surface area contributed by atoms with Crippen molar-refractivity contribution in [1.29, 1.82) is 0 Å². The molecule has 7 nitrogen and oxygen atoms in total. The lowest BCUT2D eigenvalue weighted by molar-refractivity contribution is 0.0691. The molecule has 1 aliphatic heterocycles. The molecule has 2 amide bonds. The van der Waals surface area contributed by atoms with Gasteiger partial charge in [-0.3, -0.25) is 14.0 Å². The molecule has 1 aliphatic rings. The van der Waals surface area contributed by atoms with Crippen molar-refractivity contribution in [3.8, 4) is 0 Å². The van der Waals surface area contributed by atoms with E-state index < -0.39 is 0 Å². The minimum Gasteiger partial charge on any atom is -0.357 e. The molecule has 2 N–H and O–H groups in total. The Balaban J connectivity index is 1.40. The number of fused-ring (bicyclic) bond motifs is 1. The van der Waals surface area contributed by atoms with Gasteiger partial charge in [0.25, 0.3) is 11.8 Å². The number of piperidine rings is 1. The zero-order valence-corrected chi connectivity index (χ0v) is 14.6. The second-order valence-corrected chi connectivity index (χ2v) is 6.65. The standard InChI is InChI=1S/C19H21N5O2/c1-13-4-3-9-24-16(12-21-17(13)24)19(26)23-10-6-14(7-11-23)22-18(25)15-5-2-8-20-15/h2-5,8-9,12,14,20H,6-7,10-11H2,1H3,(H,22,25). The smallest absolute Gasteiger partial charge is 0.272 e. The number of aromatic nitrogens is 3. The van der Waals surface area contributed by atoms with Gasteiger partial charge in [0.05, 0.1) is 6.20 Å². The quantitative estimate of drug-likeness (QED) is 0.757. The van der Waals surface area contributed by atoms with E-state index >= 15 is 0 Å². The minimum atomic E-state index is -0.1000. The van der Waals surface area contributed by atoms with Gasteiger partial charge >= 0.3 is 0 Å². The molecule has 7 heteroatoms. The number of likely N-dealkylation sites (tertiary alicyclic amines) is 1. The number of nitrogens with one attached hydrogen (secondary N) is 2. The van der Waals surface area contributed by atoms with E-state index in [0.717, 1.165) is 24.1 Å². The van der Waals surface area contributed by atoms with Crippen LogP contribution in [0.5, 0.6) is 0 Å².